The van der Waals surface area contributed by atoms with Gasteiger partial charge < -0.3 is 11.1 Å². The van der Waals surface area contributed by atoms with Gasteiger partial charge in [0.25, 0.3) is 0 Å². The van der Waals surface area contributed by atoms with Crippen molar-refractivity contribution in [3.05, 3.63) is 35.9 Å². The van der Waals surface area contributed by atoms with Crippen LogP contribution in [-0.4, -0.2) is 28.7 Å². The summed E-state index contributed by atoms with van der Waals surface area (Å²) in [5, 5.41) is 2.73. The smallest absolute Gasteiger partial charge is 0.243 e. The van der Waals surface area contributed by atoms with Gasteiger partial charge in [-0.3, -0.25) is 9.00 Å². The van der Waals surface area contributed by atoms with E-state index in [1.54, 1.807) is 24.5 Å². The van der Waals surface area contributed by atoms with E-state index >= 15 is 0 Å². The molecule has 0 aromatic heterocycles. The second kappa shape index (κ2) is 7.66. The molecule has 1 atom stereocenters. The lowest BCUT2D eigenvalue weighted by molar-refractivity contribution is -0.116. The zero-order chi connectivity index (χ0) is 13.4. The van der Waals surface area contributed by atoms with Crippen molar-refractivity contribution >= 4 is 28.5 Å². The number of nitrogens with one attached hydrogen (secondary N) is 1. The molecule has 0 bridgehead atoms. The predicted molar refractivity (Wildman–Crippen MR) is 76.4 cm³/mol. The number of nitrogen functional groups attached to an aromatic ring is 1. The normalized spacial score (nSPS) is 12.5. The molecule has 0 aliphatic carbocycles. The quantitative estimate of drug-likeness (QED) is 0.461. The molecule has 1 aromatic carbocycles. The Bertz CT molecular complexity index is 441. The topological polar surface area (TPSA) is 72.2 Å². The lowest BCUT2D eigenvalue weighted by atomic mass is 10.2. The van der Waals surface area contributed by atoms with Crippen LogP contribution in [-0.2, 0) is 15.6 Å². The molecule has 1 amide bonds. The Hall–Kier alpha value is -1.62. The molecule has 3 N–H and O–H groups in total. The fourth-order valence-electron chi connectivity index (χ4n) is 1.32. The molecule has 0 saturated heterocycles. The van der Waals surface area contributed by atoms with Gasteiger partial charge >= 0.3 is 0 Å². The standard InChI is InChI=1S/C13H18N2O2S/c1-18(17)10-2-9-15-13(16)8-5-11-3-6-12(14)7-4-11/h3-8H,2,9-10,14H2,1H3,(H,15,16)/b8-5+. The first-order valence-electron chi connectivity index (χ1n) is 5.69. The minimum absolute atomic E-state index is 0.145. The molecule has 0 spiro atoms. The van der Waals surface area contributed by atoms with Gasteiger partial charge in [0, 0.05) is 41.1 Å². The highest BCUT2D eigenvalue weighted by Gasteiger charge is 1.96. The molecule has 1 aromatic rings. The monoisotopic (exact) mass is 266 g/mol. The van der Waals surface area contributed by atoms with E-state index in [1.165, 1.54) is 6.08 Å². The van der Waals surface area contributed by atoms with Gasteiger partial charge in [0.2, 0.25) is 5.91 Å². The van der Waals surface area contributed by atoms with Crippen molar-refractivity contribution in [3.8, 4) is 0 Å². The summed E-state index contributed by atoms with van der Waals surface area (Å²) in [7, 11) is -0.797. The van der Waals surface area contributed by atoms with E-state index in [1.807, 2.05) is 12.1 Å². The van der Waals surface area contributed by atoms with Crippen LogP contribution in [0.15, 0.2) is 30.3 Å². The summed E-state index contributed by atoms with van der Waals surface area (Å²) in [4.78, 5) is 11.4. The zero-order valence-corrected chi connectivity index (χ0v) is 11.2. The summed E-state index contributed by atoms with van der Waals surface area (Å²) in [6.07, 6.45) is 5.59. The fourth-order valence-corrected chi connectivity index (χ4v) is 1.88. The van der Waals surface area contributed by atoms with Crippen molar-refractivity contribution in [2.45, 2.75) is 6.42 Å². The third kappa shape index (κ3) is 6.20. The minimum Gasteiger partial charge on any atom is -0.399 e. The number of carbonyl (C=O) groups is 1. The van der Waals surface area contributed by atoms with Gasteiger partial charge in [0.1, 0.15) is 0 Å². The first kappa shape index (κ1) is 14.4. The first-order valence-corrected chi connectivity index (χ1v) is 7.42. The van der Waals surface area contributed by atoms with Crippen LogP contribution < -0.4 is 11.1 Å². The fraction of sp³-hybridized carbons (Fsp3) is 0.308. The number of benzene rings is 1. The Morgan fingerprint density at radius 3 is 2.67 bits per heavy atom. The minimum atomic E-state index is -0.797. The van der Waals surface area contributed by atoms with Gasteiger partial charge in [-0.2, -0.15) is 0 Å². The van der Waals surface area contributed by atoms with E-state index in [2.05, 4.69) is 5.32 Å². The van der Waals surface area contributed by atoms with Crippen LogP contribution in [0.2, 0.25) is 0 Å². The average molecular weight is 266 g/mol. The van der Waals surface area contributed by atoms with Crippen molar-refractivity contribution in [1.82, 2.24) is 5.32 Å². The van der Waals surface area contributed by atoms with Gasteiger partial charge in [-0.05, 0) is 30.2 Å². The summed E-state index contributed by atoms with van der Waals surface area (Å²) >= 11 is 0. The summed E-state index contributed by atoms with van der Waals surface area (Å²) < 4.78 is 10.8. The molecule has 0 aliphatic heterocycles. The lowest BCUT2D eigenvalue weighted by Crippen LogP contribution is -2.23. The van der Waals surface area contributed by atoms with E-state index in [4.69, 9.17) is 5.73 Å². The summed E-state index contributed by atoms with van der Waals surface area (Å²) in [6.45, 7) is 0.546. The third-order valence-corrected chi connectivity index (χ3v) is 3.14. The van der Waals surface area contributed by atoms with Crippen molar-refractivity contribution in [2.24, 2.45) is 0 Å². The lowest BCUT2D eigenvalue weighted by Gasteiger charge is -2.00. The van der Waals surface area contributed by atoms with E-state index < -0.39 is 10.8 Å². The zero-order valence-electron chi connectivity index (χ0n) is 10.4. The molecule has 0 saturated carbocycles. The maximum Gasteiger partial charge on any atom is 0.243 e. The van der Waals surface area contributed by atoms with Crippen LogP contribution >= 0.6 is 0 Å². The van der Waals surface area contributed by atoms with E-state index in [9.17, 15) is 9.00 Å². The molecule has 0 radical (unpaired) electrons. The summed E-state index contributed by atoms with van der Waals surface area (Å²) in [5.41, 5.74) is 7.18. The van der Waals surface area contributed by atoms with Crippen molar-refractivity contribution in [1.29, 1.82) is 0 Å². The highest BCUT2D eigenvalue weighted by Crippen LogP contribution is 2.06. The predicted octanol–water partition coefficient (Wildman–Crippen LogP) is 1.17. The molecule has 0 heterocycles. The number of hydrogen-bond acceptors (Lipinski definition) is 3. The molecule has 1 unspecified atom stereocenters. The maximum absolute atomic E-state index is 11.4. The summed E-state index contributed by atoms with van der Waals surface area (Å²) in [5.74, 6) is 0.468. The molecule has 0 fully saturated rings. The second-order valence-electron chi connectivity index (χ2n) is 3.92. The highest BCUT2D eigenvalue weighted by molar-refractivity contribution is 7.84. The van der Waals surface area contributed by atoms with Gasteiger partial charge in [-0.25, -0.2) is 0 Å². The van der Waals surface area contributed by atoms with Crippen LogP contribution in [0.25, 0.3) is 6.08 Å². The van der Waals surface area contributed by atoms with Crippen LogP contribution in [0, 0.1) is 0 Å². The van der Waals surface area contributed by atoms with Gasteiger partial charge in [0.05, 0.1) is 0 Å². The number of carbonyl (C=O) groups excluding carboxylic acids is 1. The van der Waals surface area contributed by atoms with Crippen LogP contribution in [0.4, 0.5) is 5.69 Å². The van der Waals surface area contributed by atoms with Gasteiger partial charge in [0.15, 0.2) is 0 Å². The largest absolute Gasteiger partial charge is 0.399 e. The number of hydrogen-bond donors (Lipinski definition) is 2. The second-order valence-corrected chi connectivity index (χ2v) is 5.48. The number of rotatable bonds is 6. The van der Waals surface area contributed by atoms with Gasteiger partial charge in [-0.15, -0.1) is 0 Å². The Morgan fingerprint density at radius 1 is 1.39 bits per heavy atom. The Morgan fingerprint density at radius 2 is 2.06 bits per heavy atom. The molecule has 5 heteroatoms. The van der Waals surface area contributed by atoms with Crippen LogP contribution in [0.3, 0.4) is 0 Å². The van der Waals surface area contributed by atoms with Crippen LogP contribution in [0.1, 0.15) is 12.0 Å². The van der Waals surface area contributed by atoms with Crippen molar-refractivity contribution < 1.29 is 9.00 Å². The van der Waals surface area contributed by atoms with E-state index in [0.29, 0.717) is 18.0 Å². The average Bonchev–Trinajstić information content (AvgIpc) is 2.34. The molecular weight excluding hydrogens is 248 g/mol. The number of amides is 1. The van der Waals surface area contributed by atoms with Crippen LogP contribution in [0.5, 0.6) is 0 Å². The molecule has 98 valence electrons. The molecule has 0 aliphatic rings. The Labute approximate surface area is 110 Å². The third-order valence-electron chi connectivity index (χ3n) is 2.27. The van der Waals surface area contributed by atoms with Crippen molar-refractivity contribution in [2.75, 3.05) is 24.3 Å². The van der Waals surface area contributed by atoms with Crippen molar-refractivity contribution in [3.63, 3.8) is 0 Å². The SMILES string of the molecule is CS(=O)CCCNC(=O)/C=C/c1ccc(N)cc1. The number of nitrogens with two attached hydrogens (primary N) is 1. The Balaban J connectivity index is 2.31. The molecule has 18 heavy (non-hydrogen) atoms. The van der Waals surface area contributed by atoms with E-state index in [0.717, 1.165) is 12.0 Å². The Kier molecular flexibility index (Phi) is 6.14. The molecular formula is C13H18N2O2S. The molecule has 1 rings (SSSR count). The number of anilines is 1. The highest BCUT2D eigenvalue weighted by atomic mass is 32.2. The summed E-state index contributed by atoms with van der Waals surface area (Å²) in [6, 6.07) is 7.26. The van der Waals surface area contributed by atoms with Gasteiger partial charge in [-0.1, -0.05) is 12.1 Å². The molecule has 4 nitrogen and oxygen atoms in total. The first-order chi connectivity index (χ1) is 8.58. The maximum atomic E-state index is 11.4. The van der Waals surface area contributed by atoms with E-state index in [-0.39, 0.29) is 5.91 Å².